The van der Waals surface area contributed by atoms with Crippen LogP contribution in [-0.2, 0) is 14.8 Å². The topological polar surface area (TPSA) is 79.4 Å². The number of rotatable bonds is 1. The number of nitrogens with one attached hydrogen (secondary N) is 1. The zero-order chi connectivity index (χ0) is 11.9. The van der Waals surface area contributed by atoms with Crippen LogP contribution in [0.5, 0.6) is 0 Å². The van der Waals surface area contributed by atoms with Crippen LogP contribution in [0.25, 0.3) is 0 Å². The zero-order valence-corrected chi connectivity index (χ0v) is 9.71. The molecule has 0 saturated carbocycles. The second-order valence-corrected chi connectivity index (χ2v) is 5.55. The molecule has 0 spiro atoms. The van der Waals surface area contributed by atoms with Crippen LogP contribution >= 0.6 is 0 Å². The van der Waals surface area contributed by atoms with Crippen molar-refractivity contribution in [3.05, 3.63) is 17.8 Å². The van der Waals surface area contributed by atoms with Crippen LogP contribution in [0, 0.1) is 6.92 Å². The molecule has 1 aliphatic rings. The standard InChI is InChI=1S/C9H11N3O3S/c1-6-3-4-10-9-8(6)11-7(13)5-12(9)16(2,14)15/h3-4H,5H2,1-2H3,(H,11,13). The number of nitrogens with zero attached hydrogens (tertiary/aromatic N) is 2. The van der Waals surface area contributed by atoms with Gasteiger partial charge in [-0.15, -0.1) is 0 Å². The summed E-state index contributed by atoms with van der Waals surface area (Å²) in [6.07, 6.45) is 2.57. The Hall–Kier alpha value is -1.63. The van der Waals surface area contributed by atoms with E-state index < -0.39 is 10.0 Å². The van der Waals surface area contributed by atoms with Gasteiger partial charge in [0.25, 0.3) is 0 Å². The largest absolute Gasteiger partial charge is 0.321 e. The molecule has 0 bridgehead atoms. The molecule has 1 N–H and O–H groups in total. The van der Waals surface area contributed by atoms with E-state index in [1.807, 2.05) is 0 Å². The lowest BCUT2D eigenvalue weighted by Crippen LogP contribution is -2.42. The van der Waals surface area contributed by atoms with Gasteiger partial charge in [-0.05, 0) is 18.6 Å². The quantitative estimate of drug-likeness (QED) is 0.756. The zero-order valence-electron chi connectivity index (χ0n) is 8.89. The van der Waals surface area contributed by atoms with Crippen LogP contribution in [0.2, 0.25) is 0 Å². The summed E-state index contributed by atoms with van der Waals surface area (Å²) in [5, 5.41) is 2.62. The number of hydrogen-bond donors (Lipinski definition) is 1. The highest BCUT2D eigenvalue weighted by Gasteiger charge is 2.30. The number of hydrogen-bond acceptors (Lipinski definition) is 4. The molecule has 7 heteroatoms. The molecule has 0 fully saturated rings. The fourth-order valence-corrected chi connectivity index (χ4v) is 2.35. The molecule has 1 aliphatic heterocycles. The number of sulfonamides is 1. The van der Waals surface area contributed by atoms with Gasteiger partial charge in [0, 0.05) is 6.20 Å². The highest BCUT2D eigenvalue weighted by atomic mass is 32.2. The molecule has 0 aromatic carbocycles. The van der Waals surface area contributed by atoms with Crippen molar-refractivity contribution in [3.63, 3.8) is 0 Å². The number of anilines is 2. The van der Waals surface area contributed by atoms with E-state index in [1.165, 1.54) is 6.20 Å². The van der Waals surface area contributed by atoms with Crippen molar-refractivity contribution in [2.75, 3.05) is 22.4 Å². The third-order valence-corrected chi connectivity index (χ3v) is 3.43. The van der Waals surface area contributed by atoms with Gasteiger partial charge in [-0.3, -0.25) is 4.79 Å². The number of aromatic nitrogens is 1. The van der Waals surface area contributed by atoms with Gasteiger partial charge < -0.3 is 5.32 Å². The molecule has 6 nitrogen and oxygen atoms in total. The van der Waals surface area contributed by atoms with Gasteiger partial charge in [0.05, 0.1) is 11.9 Å². The Bertz CT molecular complexity index is 553. The average Bonchev–Trinajstić information content (AvgIpc) is 2.17. The Balaban J connectivity index is 2.64. The number of carbonyl (C=O) groups excluding carboxylic acids is 1. The minimum atomic E-state index is -3.48. The molecule has 2 heterocycles. The van der Waals surface area contributed by atoms with Crippen LogP contribution in [0.3, 0.4) is 0 Å². The molecule has 0 atom stereocenters. The molecule has 0 radical (unpaired) electrons. The summed E-state index contributed by atoms with van der Waals surface area (Å²) >= 11 is 0. The van der Waals surface area contributed by atoms with E-state index in [-0.39, 0.29) is 18.3 Å². The summed E-state index contributed by atoms with van der Waals surface area (Å²) in [7, 11) is -3.48. The minimum Gasteiger partial charge on any atom is -0.321 e. The maximum atomic E-state index is 11.5. The first-order valence-corrected chi connectivity index (χ1v) is 6.47. The normalized spacial score (nSPS) is 15.6. The molecule has 16 heavy (non-hydrogen) atoms. The van der Waals surface area contributed by atoms with Crippen molar-refractivity contribution >= 4 is 27.4 Å². The fraction of sp³-hybridized carbons (Fsp3) is 0.333. The predicted molar refractivity (Wildman–Crippen MR) is 59.8 cm³/mol. The molecule has 1 aromatic rings. The number of fused-ring (bicyclic) bond motifs is 1. The smallest absolute Gasteiger partial charge is 0.245 e. The highest BCUT2D eigenvalue weighted by Crippen LogP contribution is 2.31. The van der Waals surface area contributed by atoms with E-state index in [0.717, 1.165) is 16.1 Å². The number of pyridine rings is 1. The highest BCUT2D eigenvalue weighted by molar-refractivity contribution is 7.92. The van der Waals surface area contributed by atoms with Crippen LogP contribution in [0.4, 0.5) is 11.5 Å². The van der Waals surface area contributed by atoms with E-state index in [9.17, 15) is 13.2 Å². The van der Waals surface area contributed by atoms with Crippen LogP contribution in [-0.4, -0.2) is 32.1 Å². The van der Waals surface area contributed by atoms with Crippen LogP contribution < -0.4 is 9.62 Å². The first-order chi connectivity index (χ1) is 7.39. The summed E-state index contributed by atoms with van der Waals surface area (Å²) in [6, 6.07) is 1.71. The van der Waals surface area contributed by atoms with Crippen molar-refractivity contribution < 1.29 is 13.2 Å². The second-order valence-electron chi connectivity index (χ2n) is 3.64. The number of carbonyl (C=O) groups is 1. The van der Waals surface area contributed by atoms with Crippen molar-refractivity contribution in [2.45, 2.75) is 6.92 Å². The third-order valence-electron chi connectivity index (χ3n) is 2.33. The molecular weight excluding hydrogens is 230 g/mol. The molecule has 2 rings (SSSR count). The number of aryl methyl sites for hydroxylation is 1. The van der Waals surface area contributed by atoms with Crippen molar-refractivity contribution in [2.24, 2.45) is 0 Å². The first-order valence-electron chi connectivity index (χ1n) is 4.63. The van der Waals surface area contributed by atoms with Crippen molar-refractivity contribution in [1.82, 2.24) is 4.98 Å². The predicted octanol–water partition coefficient (Wildman–Crippen LogP) is 0.108. The Kier molecular flexibility index (Phi) is 2.34. The maximum absolute atomic E-state index is 11.5. The average molecular weight is 241 g/mol. The SMILES string of the molecule is Cc1ccnc2c1NC(=O)CN2S(C)(=O)=O. The van der Waals surface area contributed by atoms with Gasteiger partial charge in [0.2, 0.25) is 15.9 Å². The monoisotopic (exact) mass is 241 g/mol. The fourth-order valence-electron chi connectivity index (χ4n) is 1.55. The summed E-state index contributed by atoms with van der Waals surface area (Å²) in [6.45, 7) is 1.56. The summed E-state index contributed by atoms with van der Waals surface area (Å²) in [5.41, 5.74) is 1.25. The molecule has 0 unspecified atom stereocenters. The summed E-state index contributed by atoms with van der Waals surface area (Å²) < 4.78 is 24.0. The van der Waals surface area contributed by atoms with Gasteiger partial charge in [-0.25, -0.2) is 17.7 Å². The Labute approximate surface area is 93.3 Å². The first kappa shape index (κ1) is 10.9. The molecule has 1 aromatic heterocycles. The van der Waals surface area contributed by atoms with E-state index in [0.29, 0.717) is 5.69 Å². The van der Waals surface area contributed by atoms with E-state index in [2.05, 4.69) is 10.3 Å². The van der Waals surface area contributed by atoms with Gasteiger partial charge in [0.15, 0.2) is 5.82 Å². The maximum Gasteiger partial charge on any atom is 0.245 e. The third kappa shape index (κ3) is 1.73. The lowest BCUT2D eigenvalue weighted by atomic mass is 10.2. The van der Waals surface area contributed by atoms with E-state index >= 15 is 0 Å². The Morgan fingerprint density at radius 2 is 2.19 bits per heavy atom. The summed E-state index contributed by atoms with van der Waals surface area (Å²) in [5.74, 6) is -0.0730. The Morgan fingerprint density at radius 1 is 1.50 bits per heavy atom. The van der Waals surface area contributed by atoms with Crippen LogP contribution in [0.15, 0.2) is 12.3 Å². The Morgan fingerprint density at radius 3 is 2.81 bits per heavy atom. The number of amides is 1. The molecule has 86 valence electrons. The van der Waals surface area contributed by atoms with E-state index in [1.54, 1.807) is 13.0 Å². The minimum absolute atomic E-state index is 0.220. The summed E-state index contributed by atoms with van der Waals surface area (Å²) in [4.78, 5) is 15.4. The lowest BCUT2D eigenvalue weighted by molar-refractivity contribution is -0.115. The lowest BCUT2D eigenvalue weighted by Gasteiger charge is -2.28. The molecule has 1 amide bonds. The van der Waals surface area contributed by atoms with Gasteiger partial charge in [-0.1, -0.05) is 0 Å². The second kappa shape index (κ2) is 3.44. The van der Waals surface area contributed by atoms with Crippen molar-refractivity contribution in [1.29, 1.82) is 0 Å². The molecule has 0 saturated heterocycles. The van der Waals surface area contributed by atoms with Crippen LogP contribution in [0.1, 0.15) is 5.56 Å². The molecule has 0 aliphatic carbocycles. The van der Waals surface area contributed by atoms with Crippen molar-refractivity contribution in [3.8, 4) is 0 Å². The van der Waals surface area contributed by atoms with Gasteiger partial charge >= 0.3 is 0 Å². The molecular formula is C9H11N3O3S. The van der Waals surface area contributed by atoms with E-state index in [4.69, 9.17) is 0 Å². The van der Waals surface area contributed by atoms with Gasteiger partial charge in [-0.2, -0.15) is 0 Å². The van der Waals surface area contributed by atoms with Gasteiger partial charge in [0.1, 0.15) is 6.54 Å².